The number of hydrogen-bond donors (Lipinski definition) is 0. The monoisotopic (exact) mass is 321 g/mol. The number of carbonyl (C=O) groups excluding carboxylic acids is 1. The molecule has 0 saturated carbocycles. The third-order valence-corrected chi connectivity index (χ3v) is 3.62. The van der Waals surface area contributed by atoms with E-state index in [1.807, 2.05) is 0 Å². The van der Waals surface area contributed by atoms with Crippen molar-refractivity contribution in [2.45, 2.75) is 38.9 Å². The predicted octanol–water partition coefficient (Wildman–Crippen LogP) is 3.17. The van der Waals surface area contributed by atoms with Gasteiger partial charge in [-0.2, -0.15) is 5.26 Å². The van der Waals surface area contributed by atoms with Crippen LogP contribution in [-0.4, -0.2) is 25.5 Å². The summed E-state index contributed by atoms with van der Waals surface area (Å²) in [5.74, 6) is -1.71. The van der Waals surface area contributed by atoms with E-state index in [0.29, 0.717) is 0 Å². The van der Waals surface area contributed by atoms with Gasteiger partial charge in [0.15, 0.2) is 6.29 Å². The van der Waals surface area contributed by atoms with Crippen molar-refractivity contribution in [1.82, 2.24) is 0 Å². The zero-order valence-corrected chi connectivity index (χ0v) is 13.1. The molecule has 0 radical (unpaired) electrons. The summed E-state index contributed by atoms with van der Waals surface area (Å²) in [5.41, 5.74) is -0.0935. The van der Waals surface area contributed by atoms with Crippen LogP contribution < -0.4 is 4.74 Å². The molecule has 0 atom stereocenters. The van der Waals surface area contributed by atoms with Crippen LogP contribution in [0.25, 0.3) is 0 Å². The first kappa shape index (κ1) is 17.4. The highest BCUT2D eigenvalue weighted by molar-refractivity contribution is 5.75. The van der Waals surface area contributed by atoms with Gasteiger partial charge in [0.05, 0.1) is 18.8 Å². The average molecular weight is 321 g/mol. The second-order valence-corrected chi connectivity index (χ2v) is 5.46. The molecule has 0 unspecified atom stereocenters. The van der Waals surface area contributed by atoms with Crippen LogP contribution in [0.3, 0.4) is 0 Å². The lowest BCUT2D eigenvalue weighted by Crippen LogP contribution is -2.38. The van der Waals surface area contributed by atoms with E-state index in [4.69, 9.17) is 19.5 Å². The molecule has 0 spiro atoms. The second kappa shape index (κ2) is 8.61. The molecule has 1 aromatic carbocycles. The first-order valence-electron chi connectivity index (χ1n) is 7.78. The third kappa shape index (κ3) is 5.02. The van der Waals surface area contributed by atoms with E-state index in [-0.39, 0.29) is 30.8 Å². The van der Waals surface area contributed by atoms with Crippen LogP contribution in [0, 0.1) is 23.1 Å². The number of nitrogens with zero attached hydrogens (tertiary/aromatic N) is 1. The van der Waals surface area contributed by atoms with E-state index >= 15 is 0 Å². The van der Waals surface area contributed by atoms with Crippen LogP contribution in [-0.2, 0) is 14.3 Å². The lowest BCUT2D eigenvalue weighted by molar-refractivity contribution is -0.208. The minimum absolute atomic E-state index is 0.0663. The lowest BCUT2D eigenvalue weighted by Gasteiger charge is -2.28. The van der Waals surface area contributed by atoms with Crippen LogP contribution in [0.5, 0.6) is 5.75 Å². The molecule has 1 aliphatic rings. The van der Waals surface area contributed by atoms with Gasteiger partial charge in [-0.15, -0.1) is 0 Å². The van der Waals surface area contributed by atoms with E-state index in [2.05, 4.69) is 6.92 Å². The maximum atomic E-state index is 13.5. The number of carbonyl (C=O) groups is 1. The van der Waals surface area contributed by atoms with Gasteiger partial charge in [-0.3, -0.25) is 4.79 Å². The van der Waals surface area contributed by atoms with Crippen molar-refractivity contribution in [2.75, 3.05) is 13.2 Å². The minimum atomic E-state index is -0.718. The quantitative estimate of drug-likeness (QED) is 0.457. The molecule has 1 aliphatic heterocycles. The highest BCUT2D eigenvalue weighted by Crippen LogP contribution is 2.20. The summed E-state index contributed by atoms with van der Waals surface area (Å²) < 4.78 is 29.6. The summed E-state index contributed by atoms with van der Waals surface area (Å²) in [7, 11) is 0. The van der Waals surface area contributed by atoms with Crippen molar-refractivity contribution < 1.29 is 23.4 Å². The fraction of sp³-hybridized carbons (Fsp3) is 0.529. The summed E-state index contributed by atoms with van der Waals surface area (Å²) in [6, 6.07) is 5.39. The molecule has 1 aromatic rings. The minimum Gasteiger partial charge on any atom is -0.426 e. The summed E-state index contributed by atoms with van der Waals surface area (Å²) in [5, 5.41) is 8.67. The van der Waals surface area contributed by atoms with E-state index in [9.17, 15) is 9.18 Å². The van der Waals surface area contributed by atoms with Crippen LogP contribution in [0.4, 0.5) is 4.39 Å². The SMILES string of the molecule is CCCCCC1OCC(C(=O)Oc2ccc(C#N)c(F)c2)CO1. The molecule has 6 heteroatoms. The maximum Gasteiger partial charge on any atom is 0.319 e. The Morgan fingerprint density at radius 1 is 1.39 bits per heavy atom. The number of ether oxygens (including phenoxy) is 3. The molecule has 0 N–H and O–H groups in total. The Bertz CT molecular complexity index is 576. The molecule has 0 bridgehead atoms. The van der Waals surface area contributed by atoms with Gasteiger partial charge in [0.2, 0.25) is 0 Å². The molecule has 2 rings (SSSR count). The Morgan fingerprint density at radius 3 is 2.74 bits per heavy atom. The van der Waals surface area contributed by atoms with Crippen molar-refractivity contribution in [3.8, 4) is 11.8 Å². The normalized spacial score (nSPS) is 20.7. The second-order valence-electron chi connectivity index (χ2n) is 5.46. The molecule has 0 aliphatic carbocycles. The molecule has 124 valence electrons. The number of hydrogen-bond acceptors (Lipinski definition) is 5. The van der Waals surface area contributed by atoms with Gasteiger partial charge >= 0.3 is 5.97 Å². The van der Waals surface area contributed by atoms with Gasteiger partial charge in [0.25, 0.3) is 0 Å². The summed E-state index contributed by atoms with van der Waals surface area (Å²) in [6.45, 7) is 2.59. The highest BCUT2D eigenvalue weighted by Gasteiger charge is 2.29. The number of benzene rings is 1. The van der Waals surface area contributed by atoms with Crippen LogP contribution in [0.1, 0.15) is 38.2 Å². The van der Waals surface area contributed by atoms with Gasteiger partial charge in [0, 0.05) is 6.07 Å². The fourth-order valence-electron chi connectivity index (χ4n) is 2.26. The standard InChI is InChI=1S/C17H20FNO4/c1-2-3-4-5-16-21-10-13(11-22-16)17(20)23-14-7-6-12(9-19)15(18)8-14/h6-8,13,16H,2-5,10-11H2,1H3. The summed E-state index contributed by atoms with van der Waals surface area (Å²) in [4.78, 5) is 12.0. The Balaban J connectivity index is 1.81. The highest BCUT2D eigenvalue weighted by atomic mass is 19.1. The number of nitriles is 1. The van der Waals surface area contributed by atoms with Crippen LogP contribution in [0.15, 0.2) is 18.2 Å². The Kier molecular flexibility index (Phi) is 6.51. The topological polar surface area (TPSA) is 68.5 Å². The van der Waals surface area contributed by atoms with Crippen molar-refractivity contribution >= 4 is 5.97 Å². The largest absolute Gasteiger partial charge is 0.426 e. The Morgan fingerprint density at radius 2 is 2.13 bits per heavy atom. The van der Waals surface area contributed by atoms with Crippen LogP contribution >= 0.6 is 0 Å². The molecule has 1 heterocycles. The smallest absolute Gasteiger partial charge is 0.319 e. The number of rotatable bonds is 6. The fourth-order valence-corrected chi connectivity index (χ4v) is 2.26. The lowest BCUT2D eigenvalue weighted by atomic mass is 10.1. The van der Waals surface area contributed by atoms with Crippen molar-refractivity contribution in [2.24, 2.45) is 5.92 Å². The predicted molar refractivity (Wildman–Crippen MR) is 80.1 cm³/mol. The molecular weight excluding hydrogens is 301 g/mol. The van der Waals surface area contributed by atoms with Crippen LogP contribution in [0.2, 0.25) is 0 Å². The zero-order chi connectivity index (χ0) is 16.7. The molecule has 0 amide bonds. The van der Waals surface area contributed by atoms with Gasteiger partial charge in [-0.05, 0) is 25.0 Å². The van der Waals surface area contributed by atoms with Gasteiger partial charge < -0.3 is 14.2 Å². The van der Waals surface area contributed by atoms with Crippen molar-refractivity contribution in [3.63, 3.8) is 0 Å². The number of esters is 1. The first-order chi connectivity index (χ1) is 11.1. The van der Waals surface area contributed by atoms with Crippen molar-refractivity contribution in [1.29, 1.82) is 5.26 Å². The Hall–Kier alpha value is -1.97. The average Bonchev–Trinajstić information content (AvgIpc) is 2.56. The molecule has 23 heavy (non-hydrogen) atoms. The molecule has 1 saturated heterocycles. The summed E-state index contributed by atoms with van der Waals surface area (Å²) in [6.07, 6.45) is 3.83. The molecule has 0 aromatic heterocycles. The number of halogens is 1. The molecule has 5 nitrogen and oxygen atoms in total. The first-order valence-corrected chi connectivity index (χ1v) is 7.78. The van der Waals surface area contributed by atoms with Gasteiger partial charge in [-0.1, -0.05) is 19.8 Å². The van der Waals surface area contributed by atoms with Gasteiger partial charge in [-0.25, -0.2) is 4.39 Å². The van der Waals surface area contributed by atoms with E-state index in [1.54, 1.807) is 6.07 Å². The Labute approximate surface area is 135 Å². The molecular formula is C17H20FNO4. The molecule has 1 fully saturated rings. The zero-order valence-electron chi connectivity index (χ0n) is 13.1. The van der Waals surface area contributed by atoms with Gasteiger partial charge in [0.1, 0.15) is 23.6 Å². The van der Waals surface area contributed by atoms with E-state index in [0.717, 1.165) is 31.7 Å². The maximum absolute atomic E-state index is 13.5. The number of unbranched alkanes of at least 4 members (excludes halogenated alkanes) is 2. The third-order valence-electron chi connectivity index (χ3n) is 3.62. The summed E-state index contributed by atoms with van der Waals surface area (Å²) >= 11 is 0. The van der Waals surface area contributed by atoms with Crippen molar-refractivity contribution in [3.05, 3.63) is 29.6 Å². The van der Waals surface area contributed by atoms with E-state index in [1.165, 1.54) is 12.1 Å². The van der Waals surface area contributed by atoms with E-state index < -0.39 is 17.7 Å².